The first kappa shape index (κ1) is 19.2. The van der Waals surface area contributed by atoms with Crippen LogP contribution in [0, 0.1) is 16.0 Å². The maximum Gasteiger partial charge on any atom is 0.271 e. The van der Waals surface area contributed by atoms with Crippen molar-refractivity contribution >= 4 is 17.6 Å². The minimum atomic E-state index is -0.447. The molecule has 0 saturated carbocycles. The van der Waals surface area contributed by atoms with Crippen LogP contribution in [0.4, 0.5) is 11.4 Å². The first-order valence-electron chi connectivity index (χ1n) is 8.34. The second kappa shape index (κ2) is 9.41. The Balaban J connectivity index is 2.01. The van der Waals surface area contributed by atoms with Gasteiger partial charge in [0.2, 0.25) is 0 Å². The lowest BCUT2D eigenvalue weighted by Gasteiger charge is -2.12. The smallest absolute Gasteiger partial charge is 0.271 e. The van der Waals surface area contributed by atoms with Crippen LogP contribution < -0.4 is 14.9 Å². The number of methoxy groups -OCH3 is 1. The zero-order valence-electron chi connectivity index (χ0n) is 15.1. The number of hydrogen-bond donors (Lipinski definition) is 1. The fraction of sp³-hybridized carbons (Fsp3) is 0.316. The number of anilines is 1. The minimum Gasteiger partial charge on any atom is -0.493 e. The van der Waals surface area contributed by atoms with Crippen LogP contribution in [-0.2, 0) is 0 Å². The van der Waals surface area contributed by atoms with E-state index in [0.717, 1.165) is 12.0 Å². The summed E-state index contributed by atoms with van der Waals surface area (Å²) in [4.78, 5) is 10.3. The van der Waals surface area contributed by atoms with Gasteiger partial charge in [0.05, 0.1) is 30.5 Å². The van der Waals surface area contributed by atoms with Crippen LogP contribution >= 0.6 is 0 Å². The number of rotatable bonds is 9. The van der Waals surface area contributed by atoms with Gasteiger partial charge in [-0.2, -0.15) is 5.10 Å². The summed E-state index contributed by atoms with van der Waals surface area (Å²) in [7, 11) is 1.59. The van der Waals surface area contributed by atoms with Gasteiger partial charge >= 0.3 is 0 Å². The number of nitrogens with one attached hydrogen (secondary N) is 1. The quantitative estimate of drug-likeness (QED) is 0.406. The van der Waals surface area contributed by atoms with E-state index in [1.54, 1.807) is 25.5 Å². The molecule has 0 fully saturated rings. The molecule has 0 unspecified atom stereocenters. The Kier molecular flexibility index (Phi) is 6.96. The van der Waals surface area contributed by atoms with Crippen molar-refractivity contribution in [3.05, 3.63) is 58.1 Å². The lowest BCUT2D eigenvalue weighted by Crippen LogP contribution is -2.03. The van der Waals surface area contributed by atoms with Gasteiger partial charge in [-0.1, -0.05) is 19.9 Å². The maximum absolute atomic E-state index is 10.8. The Morgan fingerprint density at radius 1 is 1.23 bits per heavy atom. The molecule has 0 aliphatic heterocycles. The molecule has 0 aromatic heterocycles. The van der Waals surface area contributed by atoms with E-state index >= 15 is 0 Å². The summed E-state index contributed by atoms with van der Waals surface area (Å²) in [6, 6.07) is 11.7. The Bertz CT molecular complexity index is 775. The SMILES string of the molecule is COc1cc(C=NNc2cccc([N+](=O)[O-])c2)ccc1OCCC(C)C. The van der Waals surface area contributed by atoms with Crippen LogP contribution in [0.3, 0.4) is 0 Å². The van der Waals surface area contributed by atoms with Gasteiger partial charge in [0.25, 0.3) is 5.69 Å². The minimum absolute atomic E-state index is 0.00904. The first-order valence-corrected chi connectivity index (χ1v) is 8.34. The molecule has 2 rings (SSSR count). The number of nitro groups is 1. The molecule has 0 saturated heterocycles. The molecule has 1 N–H and O–H groups in total. The molecule has 2 aromatic carbocycles. The topological polar surface area (TPSA) is 86.0 Å². The van der Waals surface area contributed by atoms with Crippen LogP contribution in [-0.4, -0.2) is 24.9 Å². The molecule has 2 aromatic rings. The normalized spacial score (nSPS) is 10.9. The van der Waals surface area contributed by atoms with Gasteiger partial charge in [-0.3, -0.25) is 15.5 Å². The Morgan fingerprint density at radius 2 is 2.04 bits per heavy atom. The number of nitro benzene ring substituents is 1. The van der Waals surface area contributed by atoms with Crippen LogP contribution in [0.5, 0.6) is 11.5 Å². The molecule has 0 bridgehead atoms. The average Bonchev–Trinajstić information content (AvgIpc) is 2.62. The highest BCUT2D eigenvalue weighted by molar-refractivity contribution is 5.81. The van der Waals surface area contributed by atoms with Gasteiger partial charge in [-0.15, -0.1) is 0 Å². The molecule has 0 spiro atoms. The monoisotopic (exact) mass is 357 g/mol. The predicted octanol–water partition coefficient (Wildman–Crippen LogP) is 4.47. The Hall–Kier alpha value is -3.09. The fourth-order valence-electron chi connectivity index (χ4n) is 2.16. The van der Waals surface area contributed by atoms with Crippen molar-refractivity contribution < 1.29 is 14.4 Å². The van der Waals surface area contributed by atoms with Crippen molar-refractivity contribution in [2.75, 3.05) is 19.1 Å². The second-order valence-electron chi connectivity index (χ2n) is 6.12. The lowest BCUT2D eigenvalue weighted by atomic mass is 10.1. The van der Waals surface area contributed by atoms with E-state index in [-0.39, 0.29) is 5.69 Å². The predicted molar refractivity (Wildman–Crippen MR) is 102 cm³/mol. The molecule has 138 valence electrons. The highest BCUT2D eigenvalue weighted by Crippen LogP contribution is 2.28. The Morgan fingerprint density at radius 3 is 2.73 bits per heavy atom. The number of hydrogen-bond acceptors (Lipinski definition) is 6. The van der Waals surface area contributed by atoms with Gasteiger partial charge in [-0.25, -0.2) is 0 Å². The molecule has 7 heteroatoms. The molecule has 0 aliphatic rings. The fourth-order valence-corrected chi connectivity index (χ4v) is 2.16. The van der Waals surface area contributed by atoms with Crippen LogP contribution in [0.25, 0.3) is 0 Å². The van der Waals surface area contributed by atoms with Crippen molar-refractivity contribution in [1.82, 2.24) is 0 Å². The highest BCUT2D eigenvalue weighted by Gasteiger charge is 2.06. The molecule has 0 radical (unpaired) electrons. The van der Waals surface area contributed by atoms with Crippen molar-refractivity contribution in [2.45, 2.75) is 20.3 Å². The van der Waals surface area contributed by atoms with Crippen LogP contribution in [0.15, 0.2) is 47.6 Å². The van der Waals surface area contributed by atoms with E-state index < -0.39 is 4.92 Å². The zero-order valence-corrected chi connectivity index (χ0v) is 15.1. The van der Waals surface area contributed by atoms with Gasteiger partial charge in [-0.05, 0) is 42.2 Å². The maximum atomic E-state index is 10.8. The third-order valence-corrected chi connectivity index (χ3v) is 3.60. The largest absolute Gasteiger partial charge is 0.493 e. The van der Waals surface area contributed by atoms with Crippen molar-refractivity contribution in [3.63, 3.8) is 0 Å². The van der Waals surface area contributed by atoms with E-state index in [1.165, 1.54) is 12.1 Å². The van der Waals surface area contributed by atoms with E-state index in [0.29, 0.717) is 29.7 Å². The highest BCUT2D eigenvalue weighted by atomic mass is 16.6. The summed E-state index contributed by atoms with van der Waals surface area (Å²) >= 11 is 0. The third kappa shape index (κ3) is 5.77. The number of hydrazone groups is 1. The third-order valence-electron chi connectivity index (χ3n) is 3.60. The first-order chi connectivity index (χ1) is 12.5. The molecule has 26 heavy (non-hydrogen) atoms. The molecule has 0 aliphatic carbocycles. The summed E-state index contributed by atoms with van der Waals surface area (Å²) in [6.07, 6.45) is 2.58. The van der Waals surface area contributed by atoms with Crippen LogP contribution in [0.1, 0.15) is 25.8 Å². The molecule has 0 heterocycles. The zero-order chi connectivity index (χ0) is 18.9. The number of non-ortho nitro benzene ring substituents is 1. The van der Waals surface area contributed by atoms with Gasteiger partial charge in [0.15, 0.2) is 11.5 Å². The molecule has 0 atom stereocenters. The van der Waals surface area contributed by atoms with Gasteiger partial charge in [0, 0.05) is 12.1 Å². The van der Waals surface area contributed by atoms with Crippen molar-refractivity contribution in [2.24, 2.45) is 11.0 Å². The average molecular weight is 357 g/mol. The lowest BCUT2D eigenvalue weighted by molar-refractivity contribution is -0.384. The summed E-state index contributed by atoms with van der Waals surface area (Å²) in [6.45, 7) is 4.93. The van der Waals surface area contributed by atoms with Crippen LogP contribution in [0.2, 0.25) is 0 Å². The van der Waals surface area contributed by atoms with E-state index in [2.05, 4.69) is 24.4 Å². The van der Waals surface area contributed by atoms with Gasteiger partial charge in [0.1, 0.15) is 0 Å². The molecular formula is C19H23N3O4. The van der Waals surface area contributed by atoms with E-state index in [9.17, 15) is 10.1 Å². The summed E-state index contributed by atoms with van der Waals surface area (Å²) in [5, 5.41) is 14.9. The standard InChI is InChI=1S/C19H23N3O4/c1-14(2)9-10-26-18-8-7-15(11-19(18)25-3)13-20-21-16-5-4-6-17(12-16)22(23)24/h4-8,11-14,21H,9-10H2,1-3H3. The van der Waals surface area contributed by atoms with Gasteiger partial charge < -0.3 is 9.47 Å². The molecular weight excluding hydrogens is 334 g/mol. The van der Waals surface area contributed by atoms with Crippen molar-refractivity contribution in [1.29, 1.82) is 0 Å². The summed E-state index contributed by atoms with van der Waals surface area (Å²) < 4.78 is 11.1. The number of ether oxygens (including phenoxy) is 2. The summed E-state index contributed by atoms with van der Waals surface area (Å²) in [5.74, 6) is 1.90. The molecule has 0 amide bonds. The molecule has 7 nitrogen and oxygen atoms in total. The van der Waals surface area contributed by atoms with Crippen molar-refractivity contribution in [3.8, 4) is 11.5 Å². The van der Waals surface area contributed by atoms with E-state index in [1.807, 2.05) is 18.2 Å². The summed E-state index contributed by atoms with van der Waals surface area (Å²) in [5.41, 5.74) is 4.14. The second-order valence-corrected chi connectivity index (χ2v) is 6.12. The number of nitrogens with zero attached hydrogens (tertiary/aromatic N) is 2. The van der Waals surface area contributed by atoms with E-state index in [4.69, 9.17) is 9.47 Å². The number of benzene rings is 2. The Labute approximate surface area is 152 Å².